The van der Waals surface area contributed by atoms with Gasteiger partial charge in [-0.15, -0.1) is 0 Å². The highest BCUT2D eigenvalue weighted by molar-refractivity contribution is 5.97. The van der Waals surface area contributed by atoms with Gasteiger partial charge in [-0.25, -0.2) is 15.0 Å². The molecule has 0 unspecified atom stereocenters. The smallest absolute Gasteiger partial charge is 0.334 e. The summed E-state index contributed by atoms with van der Waals surface area (Å²) in [6, 6.07) is 7.88. The Morgan fingerprint density at radius 2 is 1.82 bits per heavy atom. The van der Waals surface area contributed by atoms with Crippen LogP contribution >= 0.6 is 0 Å². The van der Waals surface area contributed by atoms with Gasteiger partial charge < -0.3 is 4.90 Å². The number of aromatic nitrogens is 5. The maximum absolute atomic E-state index is 13.5. The standard InChI is InChI=1S/C22H22F3N7O2/c1-14-13-30(21(33)16-4-2-3-5-17(16)32-26-8-9-27-32)10-11-31(34-14)19-12-18(22(23,24)25)28-20(29-19)15-6-7-15/h2-5,8-9,12,14-15H,6-7,10-11,13H2,1H3/t14-/m0/s1. The number of hydrogen-bond donors (Lipinski definition) is 0. The molecule has 1 aromatic carbocycles. The molecule has 0 N–H and O–H groups in total. The van der Waals surface area contributed by atoms with Crippen molar-refractivity contribution in [3.63, 3.8) is 0 Å². The third-order valence-electron chi connectivity index (χ3n) is 5.63. The quantitative estimate of drug-likeness (QED) is 0.575. The van der Waals surface area contributed by atoms with E-state index in [0.29, 0.717) is 11.3 Å². The Hall–Kier alpha value is -3.54. The molecule has 2 fully saturated rings. The highest BCUT2D eigenvalue weighted by atomic mass is 19.4. The first kappa shape index (κ1) is 22.3. The monoisotopic (exact) mass is 473 g/mol. The summed E-state index contributed by atoms with van der Waals surface area (Å²) in [7, 11) is 0. The summed E-state index contributed by atoms with van der Waals surface area (Å²) in [5.41, 5.74) is -0.0443. The van der Waals surface area contributed by atoms with Gasteiger partial charge in [0.15, 0.2) is 5.82 Å². The average Bonchev–Trinajstić information content (AvgIpc) is 3.57. The van der Waals surface area contributed by atoms with Crippen LogP contribution in [0.2, 0.25) is 0 Å². The lowest BCUT2D eigenvalue weighted by Gasteiger charge is -2.23. The molecule has 5 rings (SSSR count). The molecule has 1 saturated heterocycles. The molecular weight excluding hydrogens is 451 g/mol. The van der Waals surface area contributed by atoms with Crippen LogP contribution in [0.15, 0.2) is 42.7 Å². The molecule has 34 heavy (non-hydrogen) atoms. The maximum Gasteiger partial charge on any atom is 0.433 e. The van der Waals surface area contributed by atoms with Gasteiger partial charge in [-0.2, -0.15) is 28.2 Å². The molecule has 1 amide bonds. The van der Waals surface area contributed by atoms with Crippen molar-refractivity contribution in [1.82, 2.24) is 29.9 Å². The molecule has 2 aliphatic rings. The van der Waals surface area contributed by atoms with Crippen LogP contribution in [-0.2, 0) is 11.0 Å². The van der Waals surface area contributed by atoms with Crippen LogP contribution in [0.1, 0.15) is 47.6 Å². The van der Waals surface area contributed by atoms with Crippen LogP contribution in [-0.4, -0.2) is 61.5 Å². The molecule has 1 atom stereocenters. The lowest BCUT2D eigenvalue weighted by atomic mass is 10.1. The van der Waals surface area contributed by atoms with Crippen molar-refractivity contribution in [2.45, 2.75) is 38.0 Å². The molecule has 0 radical (unpaired) electrons. The third-order valence-corrected chi connectivity index (χ3v) is 5.63. The first-order valence-electron chi connectivity index (χ1n) is 10.9. The van der Waals surface area contributed by atoms with Crippen LogP contribution in [0.3, 0.4) is 0 Å². The molecule has 12 heteroatoms. The summed E-state index contributed by atoms with van der Waals surface area (Å²) in [5.74, 6) is -0.0797. The van der Waals surface area contributed by atoms with Crippen LogP contribution in [0.4, 0.5) is 19.0 Å². The van der Waals surface area contributed by atoms with E-state index in [1.807, 2.05) is 0 Å². The number of carbonyl (C=O) groups excluding carboxylic acids is 1. The van der Waals surface area contributed by atoms with Crippen LogP contribution in [0, 0.1) is 0 Å². The fourth-order valence-electron chi connectivity index (χ4n) is 3.86. The summed E-state index contributed by atoms with van der Waals surface area (Å²) < 4.78 is 40.4. The number of para-hydroxylation sites is 1. The van der Waals surface area contributed by atoms with Crippen LogP contribution < -0.4 is 5.06 Å². The Bertz CT molecular complexity index is 1180. The fraction of sp³-hybridized carbons (Fsp3) is 0.409. The number of nitrogens with zero attached hydrogens (tertiary/aromatic N) is 7. The third kappa shape index (κ3) is 4.58. The molecule has 3 aromatic rings. The molecular formula is C22H22F3N7O2. The van der Waals surface area contributed by atoms with Crippen molar-refractivity contribution >= 4 is 11.7 Å². The number of carbonyl (C=O) groups is 1. The minimum Gasteiger partial charge on any atom is -0.334 e. The highest BCUT2D eigenvalue weighted by Crippen LogP contribution is 2.40. The molecule has 9 nitrogen and oxygen atoms in total. The van der Waals surface area contributed by atoms with Crippen molar-refractivity contribution in [2.75, 3.05) is 24.7 Å². The van der Waals surface area contributed by atoms with E-state index in [1.165, 1.54) is 22.3 Å². The van der Waals surface area contributed by atoms with E-state index in [4.69, 9.17) is 4.84 Å². The van der Waals surface area contributed by atoms with Crippen molar-refractivity contribution < 1.29 is 22.8 Å². The lowest BCUT2D eigenvalue weighted by molar-refractivity contribution is -0.141. The maximum atomic E-state index is 13.5. The van der Waals surface area contributed by atoms with E-state index < -0.39 is 18.0 Å². The number of benzene rings is 1. The van der Waals surface area contributed by atoms with Gasteiger partial charge in [0.2, 0.25) is 0 Å². The van der Waals surface area contributed by atoms with Gasteiger partial charge in [-0.1, -0.05) is 12.1 Å². The first-order chi connectivity index (χ1) is 16.3. The number of anilines is 1. The summed E-state index contributed by atoms with van der Waals surface area (Å²) in [6.07, 6.45) is -0.488. The predicted molar refractivity (Wildman–Crippen MR) is 114 cm³/mol. The molecule has 0 bridgehead atoms. The molecule has 2 aromatic heterocycles. The molecule has 1 saturated carbocycles. The topological polar surface area (TPSA) is 89.3 Å². The first-order valence-corrected chi connectivity index (χ1v) is 10.9. The summed E-state index contributed by atoms with van der Waals surface area (Å²) >= 11 is 0. The minimum absolute atomic E-state index is 0.0477. The number of hydroxylamine groups is 1. The van der Waals surface area contributed by atoms with Gasteiger partial charge >= 0.3 is 6.18 Å². The molecule has 3 heterocycles. The second kappa shape index (κ2) is 8.67. The molecule has 1 aliphatic heterocycles. The van der Waals surface area contributed by atoms with Crippen molar-refractivity contribution in [3.05, 3.63) is 59.8 Å². The second-order valence-corrected chi connectivity index (χ2v) is 8.35. The van der Waals surface area contributed by atoms with E-state index in [1.54, 1.807) is 36.1 Å². The predicted octanol–water partition coefficient (Wildman–Crippen LogP) is 3.24. The van der Waals surface area contributed by atoms with Gasteiger partial charge in [0, 0.05) is 25.1 Å². The van der Waals surface area contributed by atoms with Crippen molar-refractivity contribution in [2.24, 2.45) is 0 Å². The zero-order valence-corrected chi connectivity index (χ0v) is 18.3. The van der Waals surface area contributed by atoms with Crippen molar-refractivity contribution in [1.29, 1.82) is 0 Å². The Balaban J connectivity index is 1.40. The summed E-state index contributed by atoms with van der Waals surface area (Å²) in [4.78, 5) is 30.4. The van der Waals surface area contributed by atoms with Crippen molar-refractivity contribution in [3.8, 4) is 5.69 Å². The number of amides is 1. The van der Waals surface area contributed by atoms with E-state index in [9.17, 15) is 18.0 Å². The Labute approximate surface area is 193 Å². The minimum atomic E-state index is -4.59. The van der Waals surface area contributed by atoms with Gasteiger partial charge in [0.05, 0.1) is 30.2 Å². The van der Waals surface area contributed by atoms with E-state index in [-0.39, 0.29) is 43.1 Å². The van der Waals surface area contributed by atoms with Crippen LogP contribution in [0.25, 0.3) is 5.69 Å². The number of alkyl halides is 3. The largest absolute Gasteiger partial charge is 0.433 e. The molecule has 0 spiro atoms. The fourth-order valence-corrected chi connectivity index (χ4v) is 3.86. The zero-order chi connectivity index (χ0) is 23.9. The van der Waals surface area contributed by atoms with E-state index in [0.717, 1.165) is 18.9 Å². The number of rotatable bonds is 4. The Morgan fingerprint density at radius 1 is 1.09 bits per heavy atom. The average molecular weight is 473 g/mol. The second-order valence-electron chi connectivity index (χ2n) is 8.35. The summed E-state index contributed by atoms with van der Waals surface area (Å²) in [6.45, 7) is 2.39. The highest BCUT2D eigenvalue weighted by Gasteiger charge is 2.37. The Kier molecular flexibility index (Phi) is 5.68. The SMILES string of the molecule is C[C@H]1CN(C(=O)c2ccccc2-n2nccn2)CCN(c2cc(C(F)(F)F)nc(C3CC3)n2)O1. The molecule has 1 aliphatic carbocycles. The van der Waals surface area contributed by atoms with Crippen LogP contribution in [0.5, 0.6) is 0 Å². The normalized spacial score (nSPS) is 19.2. The lowest BCUT2D eigenvalue weighted by Crippen LogP contribution is -2.37. The zero-order valence-electron chi connectivity index (χ0n) is 18.3. The van der Waals surface area contributed by atoms with Gasteiger partial charge in [-0.3, -0.25) is 9.63 Å². The summed E-state index contributed by atoms with van der Waals surface area (Å²) in [5, 5.41) is 9.56. The van der Waals surface area contributed by atoms with E-state index >= 15 is 0 Å². The van der Waals surface area contributed by atoms with Gasteiger partial charge in [0.25, 0.3) is 5.91 Å². The van der Waals surface area contributed by atoms with Gasteiger partial charge in [0.1, 0.15) is 17.6 Å². The molecule has 178 valence electrons. The van der Waals surface area contributed by atoms with E-state index in [2.05, 4.69) is 20.2 Å². The number of halogens is 3. The Morgan fingerprint density at radius 3 is 2.53 bits per heavy atom. The number of hydrogen-bond acceptors (Lipinski definition) is 7. The van der Waals surface area contributed by atoms with Gasteiger partial charge in [-0.05, 0) is 31.9 Å².